The van der Waals surface area contributed by atoms with Crippen LogP contribution < -0.4 is 10.1 Å². The minimum absolute atomic E-state index is 0.0863. The van der Waals surface area contributed by atoms with Crippen molar-refractivity contribution < 1.29 is 18.3 Å². The number of carbonyl (C=O) groups excluding carboxylic acids is 1. The summed E-state index contributed by atoms with van der Waals surface area (Å²) in [7, 11) is 0. The first-order chi connectivity index (χ1) is 9.24. The van der Waals surface area contributed by atoms with Crippen LogP contribution in [0, 0.1) is 5.82 Å². The van der Waals surface area contributed by atoms with Gasteiger partial charge in [0.15, 0.2) is 6.61 Å². The smallest absolute Gasteiger partial charge is 0.257 e. The van der Waals surface area contributed by atoms with Crippen molar-refractivity contribution in [1.82, 2.24) is 5.32 Å². The molecule has 4 nitrogen and oxygen atoms in total. The number of benzene rings is 1. The van der Waals surface area contributed by atoms with Crippen LogP contribution in [-0.2, 0) is 11.2 Å². The lowest BCUT2D eigenvalue weighted by Gasteiger charge is -2.06. The second-order valence-corrected chi connectivity index (χ2v) is 3.97. The fourth-order valence-corrected chi connectivity index (χ4v) is 1.51. The van der Waals surface area contributed by atoms with Crippen molar-refractivity contribution in [3.8, 4) is 5.75 Å². The van der Waals surface area contributed by atoms with Gasteiger partial charge in [0.25, 0.3) is 5.91 Å². The molecule has 0 atom stereocenters. The van der Waals surface area contributed by atoms with E-state index in [1.54, 1.807) is 12.5 Å². The van der Waals surface area contributed by atoms with Crippen LogP contribution in [0.4, 0.5) is 4.39 Å². The number of rotatable bonds is 6. The molecule has 0 spiro atoms. The molecular formula is C14H14FNO3. The van der Waals surface area contributed by atoms with Gasteiger partial charge in [-0.05, 0) is 42.3 Å². The number of hydrogen-bond acceptors (Lipinski definition) is 3. The van der Waals surface area contributed by atoms with Crippen molar-refractivity contribution in [2.75, 3.05) is 13.2 Å². The second-order valence-electron chi connectivity index (χ2n) is 3.97. The predicted octanol–water partition coefficient (Wildman–Crippen LogP) is 2.16. The van der Waals surface area contributed by atoms with Gasteiger partial charge in [-0.1, -0.05) is 0 Å². The molecule has 2 aromatic rings. The zero-order valence-corrected chi connectivity index (χ0v) is 10.3. The van der Waals surface area contributed by atoms with Crippen molar-refractivity contribution in [3.05, 3.63) is 54.2 Å². The van der Waals surface area contributed by atoms with E-state index in [1.165, 1.54) is 24.3 Å². The Kier molecular flexibility index (Phi) is 4.55. The Bertz CT molecular complexity index is 508. The first-order valence-corrected chi connectivity index (χ1v) is 5.90. The largest absolute Gasteiger partial charge is 0.484 e. The molecule has 1 heterocycles. The first kappa shape index (κ1) is 13.1. The van der Waals surface area contributed by atoms with E-state index in [2.05, 4.69) is 5.32 Å². The molecule has 1 amide bonds. The third kappa shape index (κ3) is 4.46. The molecule has 0 saturated carbocycles. The summed E-state index contributed by atoms with van der Waals surface area (Å²) in [6, 6.07) is 7.38. The summed E-state index contributed by atoms with van der Waals surface area (Å²) in [5.74, 6) is -0.0869. The lowest BCUT2D eigenvalue weighted by molar-refractivity contribution is -0.123. The molecule has 0 aliphatic carbocycles. The topological polar surface area (TPSA) is 51.5 Å². The molecule has 1 N–H and O–H groups in total. The Labute approximate surface area is 110 Å². The molecule has 0 unspecified atom stereocenters. The van der Waals surface area contributed by atoms with E-state index < -0.39 is 0 Å². The normalized spacial score (nSPS) is 10.2. The number of amides is 1. The molecule has 0 aliphatic heterocycles. The highest BCUT2D eigenvalue weighted by molar-refractivity contribution is 5.77. The lowest BCUT2D eigenvalue weighted by atomic mass is 10.2. The van der Waals surface area contributed by atoms with Crippen molar-refractivity contribution in [1.29, 1.82) is 0 Å². The standard InChI is InChI=1S/C14H14FNO3/c15-12-1-3-13(4-2-12)19-10-14(17)16-7-5-11-6-8-18-9-11/h1-4,6,8-9H,5,7,10H2,(H,16,17). The van der Waals surface area contributed by atoms with Crippen LogP contribution in [0.3, 0.4) is 0 Å². The van der Waals surface area contributed by atoms with Crippen molar-refractivity contribution >= 4 is 5.91 Å². The molecule has 1 aromatic heterocycles. The van der Waals surface area contributed by atoms with E-state index in [9.17, 15) is 9.18 Å². The van der Waals surface area contributed by atoms with Gasteiger partial charge in [-0.25, -0.2) is 4.39 Å². The highest BCUT2D eigenvalue weighted by Gasteiger charge is 2.03. The molecular weight excluding hydrogens is 249 g/mol. The Hall–Kier alpha value is -2.30. The molecule has 0 bridgehead atoms. The number of ether oxygens (including phenoxy) is 1. The summed E-state index contributed by atoms with van der Waals surface area (Å²) >= 11 is 0. The fourth-order valence-electron chi connectivity index (χ4n) is 1.51. The van der Waals surface area contributed by atoms with Gasteiger partial charge in [0.2, 0.25) is 0 Å². The van der Waals surface area contributed by atoms with Gasteiger partial charge in [0.05, 0.1) is 12.5 Å². The maximum atomic E-state index is 12.6. The average Bonchev–Trinajstić information content (AvgIpc) is 2.91. The third-order valence-electron chi connectivity index (χ3n) is 2.50. The maximum absolute atomic E-state index is 12.6. The molecule has 19 heavy (non-hydrogen) atoms. The Morgan fingerprint density at radius 2 is 2.05 bits per heavy atom. The van der Waals surface area contributed by atoms with Crippen LogP contribution in [0.25, 0.3) is 0 Å². The van der Waals surface area contributed by atoms with Gasteiger partial charge in [-0.2, -0.15) is 0 Å². The van der Waals surface area contributed by atoms with Gasteiger partial charge in [-0.3, -0.25) is 4.79 Å². The zero-order valence-electron chi connectivity index (χ0n) is 10.3. The van der Waals surface area contributed by atoms with Crippen LogP contribution in [0.2, 0.25) is 0 Å². The van der Waals surface area contributed by atoms with Gasteiger partial charge < -0.3 is 14.5 Å². The van der Waals surface area contributed by atoms with Crippen LogP contribution in [-0.4, -0.2) is 19.1 Å². The minimum Gasteiger partial charge on any atom is -0.484 e. The van der Waals surface area contributed by atoms with E-state index in [1.807, 2.05) is 6.07 Å². The third-order valence-corrected chi connectivity index (χ3v) is 2.50. The Balaban J connectivity index is 1.65. The number of nitrogens with one attached hydrogen (secondary N) is 1. The molecule has 0 saturated heterocycles. The second kappa shape index (κ2) is 6.58. The van der Waals surface area contributed by atoms with Crippen molar-refractivity contribution in [3.63, 3.8) is 0 Å². The molecule has 0 radical (unpaired) electrons. The zero-order chi connectivity index (χ0) is 13.5. The van der Waals surface area contributed by atoms with E-state index in [0.717, 1.165) is 5.56 Å². The number of furan rings is 1. The summed E-state index contributed by atoms with van der Waals surface area (Å²) in [5, 5.41) is 2.72. The average molecular weight is 263 g/mol. The highest BCUT2D eigenvalue weighted by Crippen LogP contribution is 2.10. The van der Waals surface area contributed by atoms with Crippen LogP contribution in [0.15, 0.2) is 47.3 Å². The van der Waals surface area contributed by atoms with Gasteiger partial charge in [0.1, 0.15) is 11.6 Å². The fraction of sp³-hybridized carbons (Fsp3) is 0.214. The summed E-state index contributed by atoms with van der Waals surface area (Å²) in [6.45, 7) is 0.433. The molecule has 0 fully saturated rings. The molecule has 5 heteroatoms. The first-order valence-electron chi connectivity index (χ1n) is 5.90. The molecule has 2 rings (SSSR count). The molecule has 0 aliphatic rings. The van der Waals surface area contributed by atoms with Gasteiger partial charge in [-0.15, -0.1) is 0 Å². The minimum atomic E-state index is -0.336. The van der Waals surface area contributed by atoms with Crippen LogP contribution >= 0.6 is 0 Å². The number of halogens is 1. The van der Waals surface area contributed by atoms with E-state index in [-0.39, 0.29) is 18.3 Å². The van der Waals surface area contributed by atoms with E-state index in [4.69, 9.17) is 9.15 Å². The quantitative estimate of drug-likeness (QED) is 0.868. The van der Waals surface area contributed by atoms with Crippen LogP contribution in [0.1, 0.15) is 5.56 Å². The highest BCUT2D eigenvalue weighted by atomic mass is 19.1. The monoisotopic (exact) mass is 263 g/mol. The summed E-state index contributed by atoms with van der Waals surface area (Å²) in [4.78, 5) is 11.5. The van der Waals surface area contributed by atoms with E-state index >= 15 is 0 Å². The van der Waals surface area contributed by atoms with Crippen molar-refractivity contribution in [2.24, 2.45) is 0 Å². The summed E-state index contributed by atoms with van der Waals surface area (Å²) in [5.41, 5.74) is 1.03. The number of carbonyl (C=O) groups is 1. The molecule has 100 valence electrons. The summed E-state index contributed by atoms with van der Waals surface area (Å²) in [6.07, 6.45) is 3.94. The van der Waals surface area contributed by atoms with Crippen molar-refractivity contribution in [2.45, 2.75) is 6.42 Å². The number of hydrogen-bond donors (Lipinski definition) is 1. The van der Waals surface area contributed by atoms with E-state index in [0.29, 0.717) is 18.7 Å². The van der Waals surface area contributed by atoms with Gasteiger partial charge in [0, 0.05) is 6.54 Å². The maximum Gasteiger partial charge on any atom is 0.257 e. The molecule has 1 aromatic carbocycles. The Morgan fingerprint density at radius 1 is 1.26 bits per heavy atom. The van der Waals surface area contributed by atoms with Gasteiger partial charge >= 0.3 is 0 Å². The lowest BCUT2D eigenvalue weighted by Crippen LogP contribution is -2.30. The predicted molar refractivity (Wildman–Crippen MR) is 67.3 cm³/mol. The SMILES string of the molecule is O=C(COc1ccc(F)cc1)NCCc1ccoc1. The Morgan fingerprint density at radius 3 is 2.74 bits per heavy atom. The van der Waals surface area contributed by atoms with Crippen LogP contribution in [0.5, 0.6) is 5.75 Å². The summed E-state index contributed by atoms with van der Waals surface area (Å²) < 4.78 is 22.8.